The molecule has 1 unspecified atom stereocenters. The molecule has 0 saturated carbocycles. The maximum Gasteiger partial charge on any atom is 0.103 e. The second kappa shape index (κ2) is 7.68. The van der Waals surface area contributed by atoms with E-state index < -0.39 is 0 Å². The highest BCUT2D eigenvalue weighted by atomic mass is 16.5. The Labute approximate surface area is 107 Å². The van der Waals surface area contributed by atoms with Crippen LogP contribution in [0.1, 0.15) is 53.4 Å². The van der Waals surface area contributed by atoms with Gasteiger partial charge in [0.2, 0.25) is 0 Å². The van der Waals surface area contributed by atoms with Gasteiger partial charge < -0.3 is 10.1 Å². The van der Waals surface area contributed by atoms with Crippen molar-refractivity contribution in [3.63, 3.8) is 0 Å². The third-order valence-electron chi connectivity index (χ3n) is 3.01. The zero-order valence-corrected chi connectivity index (χ0v) is 12.1. The van der Waals surface area contributed by atoms with Crippen LogP contribution in [0.3, 0.4) is 0 Å². The van der Waals surface area contributed by atoms with E-state index in [0.29, 0.717) is 5.41 Å². The van der Waals surface area contributed by atoms with Gasteiger partial charge in [-0.05, 0) is 45.1 Å². The Morgan fingerprint density at radius 1 is 1.06 bits per heavy atom. The third-order valence-corrected chi connectivity index (χ3v) is 3.01. The molecule has 0 fully saturated rings. The summed E-state index contributed by atoms with van der Waals surface area (Å²) >= 11 is 0. The Bertz CT molecular complexity index is 240. The number of rotatable bonds is 8. The van der Waals surface area contributed by atoms with Crippen LogP contribution in [0.2, 0.25) is 0 Å². The Morgan fingerprint density at radius 3 is 2.18 bits per heavy atom. The lowest BCUT2D eigenvalue weighted by Gasteiger charge is -2.20. The summed E-state index contributed by atoms with van der Waals surface area (Å²) < 4.78 is 5.59. The fourth-order valence-corrected chi connectivity index (χ4v) is 1.40. The van der Waals surface area contributed by atoms with E-state index in [1.54, 1.807) is 0 Å². The minimum atomic E-state index is -0.384. The maximum absolute atomic E-state index is 8.97. The number of hydrogen-bond donors (Lipinski definition) is 1. The normalized spacial score (nSPS) is 15.3. The van der Waals surface area contributed by atoms with E-state index in [-0.39, 0.29) is 5.54 Å². The zero-order chi connectivity index (χ0) is 13.4. The summed E-state index contributed by atoms with van der Waals surface area (Å²) in [5.41, 5.74) is -0.0308. The first kappa shape index (κ1) is 16.4. The Hall–Kier alpha value is -0.590. The van der Waals surface area contributed by atoms with Gasteiger partial charge in [-0.1, -0.05) is 20.8 Å². The highest BCUT2D eigenvalue weighted by Crippen LogP contribution is 2.18. The first-order valence-corrected chi connectivity index (χ1v) is 6.51. The molecule has 0 saturated heterocycles. The quantitative estimate of drug-likeness (QED) is 0.663. The van der Waals surface area contributed by atoms with E-state index in [9.17, 15) is 0 Å². The molecule has 0 rings (SSSR count). The van der Waals surface area contributed by atoms with Crippen molar-refractivity contribution in [3.05, 3.63) is 0 Å². The van der Waals surface area contributed by atoms with Crippen LogP contribution < -0.4 is 5.32 Å². The molecule has 3 heteroatoms. The smallest absolute Gasteiger partial charge is 0.103 e. The monoisotopic (exact) mass is 240 g/mol. The topological polar surface area (TPSA) is 45.0 Å². The van der Waals surface area contributed by atoms with Gasteiger partial charge in [-0.2, -0.15) is 5.26 Å². The minimum Gasteiger partial charge on any atom is -0.381 e. The molecule has 1 N–H and O–H groups in total. The van der Waals surface area contributed by atoms with Crippen molar-refractivity contribution < 1.29 is 4.74 Å². The van der Waals surface area contributed by atoms with Crippen molar-refractivity contribution in [1.29, 1.82) is 5.26 Å². The predicted molar refractivity (Wildman–Crippen MR) is 71.8 cm³/mol. The second-order valence-corrected chi connectivity index (χ2v) is 6.07. The fourth-order valence-electron chi connectivity index (χ4n) is 1.40. The van der Waals surface area contributed by atoms with Gasteiger partial charge in [0.15, 0.2) is 0 Å². The molecule has 0 aromatic rings. The average molecular weight is 240 g/mol. The van der Waals surface area contributed by atoms with Crippen molar-refractivity contribution >= 4 is 0 Å². The number of hydrogen-bond acceptors (Lipinski definition) is 3. The van der Waals surface area contributed by atoms with Crippen molar-refractivity contribution in [2.45, 2.75) is 58.9 Å². The Morgan fingerprint density at radius 2 is 1.71 bits per heavy atom. The van der Waals surface area contributed by atoms with Crippen LogP contribution in [-0.2, 0) is 4.74 Å². The highest BCUT2D eigenvalue weighted by Gasteiger charge is 2.19. The first-order chi connectivity index (χ1) is 7.83. The summed E-state index contributed by atoms with van der Waals surface area (Å²) in [7, 11) is 1.84. The van der Waals surface area contributed by atoms with Gasteiger partial charge in [-0.25, -0.2) is 0 Å². The van der Waals surface area contributed by atoms with Crippen LogP contribution in [0.5, 0.6) is 0 Å². The molecule has 0 aromatic carbocycles. The van der Waals surface area contributed by atoms with Gasteiger partial charge in [-0.3, -0.25) is 0 Å². The van der Waals surface area contributed by atoms with Gasteiger partial charge in [0, 0.05) is 13.2 Å². The SMILES string of the molecule is CNC(C)(C#N)CCCCOCCC(C)(C)C. The Balaban J connectivity index is 3.45. The zero-order valence-electron chi connectivity index (χ0n) is 12.1. The van der Waals surface area contributed by atoms with Crippen LogP contribution in [0.25, 0.3) is 0 Å². The van der Waals surface area contributed by atoms with Crippen molar-refractivity contribution in [1.82, 2.24) is 5.32 Å². The van der Waals surface area contributed by atoms with Crippen LogP contribution in [0.15, 0.2) is 0 Å². The summed E-state index contributed by atoms with van der Waals surface area (Å²) in [4.78, 5) is 0. The molecular formula is C14H28N2O. The lowest BCUT2D eigenvalue weighted by Crippen LogP contribution is -2.37. The molecule has 100 valence electrons. The third kappa shape index (κ3) is 9.14. The summed E-state index contributed by atoms with van der Waals surface area (Å²) in [6, 6.07) is 2.30. The molecule has 1 atom stereocenters. The van der Waals surface area contributed by atoms with Crippen LogP contribution in [0, 0.1) is 16.7 Å². The second-order valence-electron chi connectivity index (χ2n) is 6.07. The van der Waals surface area contributed by atoms with E-state index in [1.165, 1.54) is 0 Å². The molecule has 0 aliphatic carbocycles. The number of nitriles is 1. The molecule has 0 aromatic heterocycles. The largest absolute Gasteiger partial charge is 0.381 e. The number of nitrogens with one attached hydrogen (secondary N) is 1. The van der Waals surface area contributed by atoms with Gasteiger partial charge in [0.1, 0.15) is 5.54 Å². The van der Waals surface area contributed by atoms with E-state index in [2.05, 4.69) is 32.2 Å². The van der Waals surface area contributed by atoms with E-state index in [4.69, 9.17) is 10.00 Å². The van der Waals surface area contributed by atoms with Crippen molar-refractivity contribution in [3.8, 4) is 6.07 Å². The van der Waals surface area contributed by atoms with Crippen LogP contribution in [0.4, 0.5) is 0 Å². The summed E-state index contributed by atoms with van der Waals surface area (Å²) in [6.07, 6.45) is 4.03. The number of unbranched alkanes of at least 4 members (excludes halogenated alkanes) is 1. The molecule has 0 amide bonds. The molecule has 3 nitrogen and oxygen atoms in total. The molecule has 0 spiro atoms. The first-order valence-electron chi connectivity index (χ1n) is 6.51. The molecule has 0 bridgehead atoms. The highest BCUT2D eigenvalue weighted by molar-refractivity contribution is 5.02. The van der Waals surface area contributed by atoms with Crippen molar-refractivity contribution in [2.24, 2.45) is 5.41 Å². The molecular weight excluding hydrogens is 212 g/mol. The lowest BCUT2D eigenvalue weighted by atomic mass is 9.93. The summed E-state index contributed by atoms with van der Waals surface area (Å²) in [5, 5.41) is 12.0. The van der Waals surface area contributed by atoms with E-state index in [1.807, 2.05) is 14.0 Å². The molecule has 0 heterocycles. The number of nitrogens with zero attached hydrogens (tertiary/aromatic N) is 1. The van der Waals surface area contributed by atoms with Gasteiger partial charge in [0.25, 0.3) is 0 Å². The Kier molecular flexibility index (Phi) is 7.41. The standard InChI is InChI=1S/C14H28N2O/c1-13(2,3)9-11-17-10-7-6-8-14(4,12-15)16-5/h16H,6-11H2,1-5H3. The molecule has 17 heavy (non-hydrogen) atoms. The molecule has 0 aliphatic heterocycles. The number of ether oxygens (including phenoxy) is 1. The van der Waals surface area contributed by atoms with Crippen LogP contribution >= 0.6 is 0 Å². The minimum absolute atomic E-state index is 0.353. The average Bonchev–Trinajstić information content (AvgIpc) is 2.26. The predicted octanol–water partition coefficient (Wildman–Crippen LogP) is 3.11. The van der Waals surface area contributed by atoms with Crippen molar-refractivity contribution in [2.75, 3.05) is 20.3 Å². The summed E-state index contributed by atoms with van der Waals surface area (Å²) in [6.45, 7) is 10.3. The summed E-state index contributed by atoms with van der Waals surface area (Å²) in [5.74, 6) is 0. The van der Waals surface area contributed by atoms with Gasteiger partial charge >= 0.3 is 0 Å². The van der Waals surface area contributed by atoms with Crippen LogP contribution in [-0.4, -0.2) is 25.8 Å². The lowest BCUT2D eigenvalue weighted by molar-refractivity contribution is 0.104. The van der Waals surface area contributed by atoms with E-state index >= 15 is 0 Å². The molecule has 0 radical (unpaired) electrons. The van der Waals surface area contributed by atoms with E-state index in [0.717, 1.165) is 38.9 Å². The molecule has 0 aliphatic rings. The van der Waals surface area contributed by atoms with Gasteiger partial charge in [0.05, 0.1) is 6.07 Å². The maximum atomic E-state index is 8.97. The van der Waals surface area contributed by atoms with Gasteiger partial charge in [-0.15, -0.1) is 0 Å². The fraction of sp³-hybridized carbons (Fsp3) is 0.929.